The van der Waals surface area contributed by atoms with E-state index < -0.39 is 0 Å². The van der Waals surface area contributed by atoms with Crippen LogP contribution in [0.4, 0.5) is 5.69 Å². The Morgan fingerprint density at radius 2 is 1.81 bits per heavy atom. The first-order chi connectivity index (χ1) is 10.4. The minimum atomic E-state index is 0.838. The Labute approximate surface area is 127 Å². The van der Waals surface area contributed by atoms with Crippen LogP contribution in [0.25, 0.3) is 0 Å². The van der Waals surface area contributed by atoms with E-state index in [4.69, 9.17) is 0 Å². The van der Waals surface area contributed by atoms with Gasteiger partial charge in [0.2, 0.25) is 0 Å². The normalized spacial score (nSPS) is 16.6. The highest BCUT2D eigenvalue weighted by molar-refractivity contribution is 5.38. The Balaban J connectivity index is 1.50. The summed E-state index contributed by atoms with van der Waals surface area (Å²) >= 11 is 0. The SMILES string of the molecule is c1ccc(Cn2cc(NCC3CCCCCC3)cn2)cc1. The molecule has 0 saturated heterocycles. The highest BCUT2D eigenvalue weighted by Gasteiger charge is 2.12. The van der Waals surface area contributed by atoms with E-state index >= 15 is 0 Å². The molecule has 1 aliphatic rings. The third-order valence-electron chi connectivity index (χ3n) is 4.39. The maximum absolute atomic E-state index is 4.45. The van der Waals surface area contributed by atoms with Crippen molar-refractivity contribution in [3.63, 3.8) is 0 Å². The van der Waals surface area contributed by atoms with Crippen molar-refractivity contribution in [2.45, 2.75) is 45.1 Å². The molecule has 0 aliphatic heterocycles. The lowest BCUT2D eigenvalue weighted by atomic mass is 10.0. The van der Waals surface area contributed by atoms with E-state index in [9.17, 15) is 0 Å². The van der Waals surface area contributed by atoms with Gasteiger partial charge in [-0.3, -0.25) is 4.68 Å². The molecular formula is C18H25N3. The Morgan fingerprint density at radius 1 is 1.05 bits per heavy atom. The van der Waals surface area contributed by atoms with Crippen molar-refractivity contribution in [3.8, 4) is 0 Å². The standard InChI is InChI=1S/C18H25N3/c1-2-5-9-16(8-4-1)12-19-18-13-20-21(15-18)14-17-10-6-3-7-11-17/h3,6-7,10-11,13,15-16,19H,1-2,4-5,8-9,12,14H2. The van der Waals surface area contributed by atoms with Crippen molar-refractivity contribution in [1.29, 1.82) is 0 Å². The van der Waals surface area contributed by atoms with Gasteiger partial charge in [-0.25, -0.2) is 0 Å². The Hall–Kier alpha value is -1.77. The molecule has 0 radical (unpaired) electrons. The molecule has 1 aliphatic carbocycles. The molecule has 0 amide bonds. The maximum atomic E-state index is 4.45. The number of nitrogens with zero attached hydrogens (tertiary/aromatic N) is 2. The number of nitrogens with one attached hydrogen (secondary N) is 1. The number of anilines is 1. The summed E-state index contributed by atoms with van der Waals surface area (Å²) in [5, 5.41) is 8.01. The molecule has 3 rings (SSSR count). The van der Waals surface area contributed by atoms with Crippen molar-refractivity contribution in [2.24, 2.45) is 5.92 Å². The molecule has 1 fully saturated rings. The maximum Gasteiger partial charge on any atom is 0.0726 e. The van der Waals surface area contributed by atoms with Crippen LogP contribution in [-0.2, 0) is 6.54 Å². The van der Waals surface area contributed by atoms with Crippen molar-refractivity contribution < 1.29 is 0 Å². The lowest BCUT2D eigenvalue weighted by molar-refractivity contribution is 0.483. The van der Waals surface area contributed by atoms with Crippen molar-refractivity contribution in [1.82, 2.24) is 9.78 Å². The van der Waals surface area contributed by atoms with Crippen molar-refractivity contribution in [2.75, 3.05) is 11.9 Å². The van der Waals surface area contributed by atoms with Gasteiger partial charge in [0, 0.05) is 12.7 Å². The molecule has 3 heteroatoms. The van der Waals surface area contributed by atoms with Gasteiger partial charge in [0.1, 0.15) is 0 Å². The molecule has 3 nitrogen and oxygen atoms in total. The first-order valence-electron chi connectivity index (χ1n) is 8.20. The summed E-state index contributed by atoms with van der Waals surface area (Å²) in [5.74, 6) is 0.838. The predicted molar refractivity (Wildman–Crippen MR) is 87.5 cm³/mol. The Bertz CT molecular complexity index is 524. The second-order valence-corrected chi connectivity index (χ2v) is 6.15. The van der Waals surface area contributed by atoms with Crippen LogP contribution >= 0.6 is 0 Å². The molecule has 1 aromatic heterocycles. The average Bonchev–Trinajstić information content (AvgIpc) is 2.80. The zero-order chi connectivity index (χ0) is 14.3. The molecule has 0 bridgehead atoms. The van der Waals surface area contributed by atoms with Crippen LogP contribution in [-0.4, -0.2) is 16.3 Å². The Kier molecular flexibility index (Phi) is 4.93. The summed E-state index contributed by atoms with van der Waals surface area (Å²) in [6.07, 6.45) is 12.5. The quantitative estimate of drug-likeness (QED) is 0.828. The lowest BCUT2D eigenvalue weighted by Crippen LogP contribution is -2.13. The van der Waals surface area contributed by atoms with Gasteiger partial charge in [0.05, 0.1) is 18.4 Å². The zero-order valence-electron chi connectivity index (χ0n) is 12.7. The first-order valence-corrected chi connectivity index (χ1v) is 8.20. The van der Waals surface area contributed by atoms with Crippen LogP contribution in [0.3, 0.4) is 0 Å². The zero-order valence-corrected chi connectivity index (χ0v) is 12.7. The molecule has 2 aromatic rings. The fourth-order valence-electron chi connectivity index (χ4n) is 3.14. The van der Waals surface area contributed by atoms with Crippen LogP contribution in [0.1, 0.15) is 44.1 Å². The smallest absolute Gasteiger partial charge is 0.0726 e. The van der Waals surface area contributed by atoms with Gasteiger partial charge in [-0.2, -0.15) is 5.10 Å². The molecule has 0 atom stereocenters. The largest absolute Gasteiger partial charge is 0.382 e. The summed E-state index contributed by atoms with van der Waals surface area (Å²) in [4.78, 5) is 0. The van der Waals surface area contributed by atoms with Gasteiger partial charge in [-0.05, 0) is 24.3 Å². The van der Waals surface area contributed by atoms with Crippen molar-refractivity contribution in [3.05, 3.63) is 48.3 Å². The monoisotopic (exact) mass is 283 g/mol. The average molecular weight is 283 g/mol. The van der Waals surface area contributed by atoms with Gasteiger partial charge in [-0.1, -0.05) is 56.0 Å². The van der Waals surface area contributed by atoms with Crippen LogP contribution in [0.2, 0.25) is 0 Å². The topological polar surface area (TPSA) is 29.9 Å². The van der Waals surface area contributed by atoms with E-state index in [0.29, 0.717) is 0 Å². The van der Waals surface area contributed by atoms with Crippen LogP contribution in [0.15, 0.2) is 42.7 Å². The van der Waals surface area contributed by atoms with E-state index in [-0.39, 0.29) is 0 Å². The van der Waals surface area contributed by atoms with Gasteiger partial charge < -0.3 is 5.32 Å². The number of hydrogen-bond donors (Lipinski definition) is 1. The molecule has 0 spiro atoms. The number of hydrogen-bond acceptors (Lipinski definition) is 2. The highest BCUT2D eigenvalue weighted by atomic mass is 15.3. The molecule has 1 saturated carbocycles. The number of rotatable bonds is 5. The number of aromatic nitrogens is 2. The summed E-state index contributed by atoms with van der Waals surface area (Å²) in [6, 6.07) is 10.5. The van der Waals surface area contributed by atoms with E-state index in [1.165, 1.54) is 44.1 Å². The molecular weight excluding hydrogens is 258 g/mol. The van der Waals surface area contributed by atoms with Crippen molar-refractivity contribution >= 4 is 5.69 Å². The molecule has 1 aromatic carbocycles. The van der Waals surface area contributed by atoms with E-state index in [1.807, 2.05) is 16.9 Å². The predicted octanol–water partition coefficient (Wildman–Crippen LogP) is 4.31. The van der Waals surface area contributed by atoms with Crippen LogP contribution in [0, 0.1) is 5.92 Å². The summed E-state index contributed by atoms with van der Waals surface area (Å²) in [5.41, 5.74) is 2.44. The van der Waals surface area contributed by atoms with E-state index in [2.05, 4.69) is 40.9 Å². The van der Waals surface area contributed by atoms with Crippen LogP contribution in [0.5, 0.6) is 0 Å². The molecule has 1 N–H and O–H groups in total. The van der Waals surface area contributed by atoms with Gasteiger partial charge in [-0.15, -0.1) is 0 Å². The van der Waals surface area contributed by atoms with Crippen LogP contribution < -0.4 is 5.32 Å². The van der Waals surface area contributed by atoms with E-state index in [1.54, 1.807) is 0 Å². The lowest BCUT2D eigenvalue weighted by Gasteiger charge is -2.14. The molecule has 0 unspecified atom stereocenters. The fourth-order valence-corrected chi connectivity index (χ4v) is 3.14. The summed E-state index contributed by atoms with van der Waals surface area (Å²) < 4.78 is 2.00. The fraction of sp³-hybridized carbons (Fsp3) is 0.500. The molecule has 21 heavy (non-hydrogen) atoms. The number of benzene rings is 1. The minimum Gasteiger partial charge on any atom is -0.382 e. The third-order valence-corrected chi connectivity index (χ3v) is 4.39. The van der Waals surface area contributed by atoms with E-state index in [0.717, 1.165) is 24.7 Å². The first kappa shape index (κ1) is 14.2. The summed E-state index contributed by atoms with van der Waals surface area (Å²) in [6.45, 7) is 1.93. The van der Waals surface area contributed by atoms with Gasteiger partial charge >= 0.3 is 0 Å². The van der Waals surface area contributed by atoms with Gasteiger partial charge in [0.25, 0.3) is 0 Å². The molecule has 112 valence electrons. The van der Waals surface area contributed by atoms with Gasteiger partial charge in [0.15, 0.2) is 0 Å². The second-order valence-electron chi connectivity index (χ2n) is 6.15. The Morgan fingerprint density at radius 3 is 2.57 bits per heavy atom. The summed E-state index contributed by atoms with van der Waals surface area (Å²) in [7, 11) is 0. The highest BCUT2D eigenvalue weighted by Crippen LogP contribution is 2.23. The second kappa shape index (κ2) is 7.30. The minimum absolute atomic E-state index is 0.838. The third kappa shape index (κ3) is 4.35. The molecule has 1 heterocycles.